The lowest BCUT2D eigenvalue weighted by molar-refractivity contribution is 0.122. The second kappa shape index (κ2) is 13.9. The Morgan fingerprint density at radius 1 is 1.02 bits per heavy atom. The van der Waals surface area contributed by atoms with Gasteiger partial charge >= 0.3 is 6.03 Å². The van der Waals surface area contributed by atoms with E-state index in [9.17, 15) is 4.79 Å². The van der Waals surface area contributed by atoms with E-state index in [0.717, 1.165) is 35.8 Å². The van der Waals surface area contributed by atoms with Crippen LogP contribution in [0.5, 0.6) is 11.5 Å². The SMILES string of the molecule is COc1cc(NC(=O)N(C)Cc2cccnc2)ccc1Nc1ncc(Cl)c(Nc2ccc(N3CCOCC3)c(OC)c2)n1. The molecule has 224 valence electrons. The van der Waals surface area contributed by atoms with Crippen LogP contribution < -0.4 is 30.3 Å². The van der Waals surface area contributed by atoms with Gasteiger partial charge in [0.15, 0.2) is 5.82 Å². The molecule has 3 heterocycles. The van der Waals surface area contributed by atoms with Gasteiger partial charge in [-0.15, -0.1) is 0 Å². The number of carbonyl (C=O) groups is 1. The Bertz CT molecular complexity index is 1550. The minimum absolute atomic E-state index is 0.266. The minimum atomic E-state index is -0.266. The smallest absolute Gasteiger partial charge is 0.321 e. The minimum Gasteiger partial charge on any atom is -0.495 e. The second-order valence-electron chi connectivity index (χ2n) is 9.69. The molecule has 1 fully saturated rings. The van der Waals surface area contributed by atoms with Gasteiger partial charge < -0.3 is 40.0 Å². The van der Waals surface area contributed by atoms with Crippen LogP contribution in [0.2, 0.25) is 5.02 Å². The number of halogens is 1. The summed E-state index contributed by atoms with van der Waals surface area (Å²) in [4.78, 5) is 29.5. The number of nitrogens with zero attached hydrogens (tertiary/aromatic N) is 5. The maximum atomic E-state index is 12.7. The number of ether oxygens (including phenoxy) is 3. The highest BCUT2D eigenvalue weighted by atomic mass is 35.5. The van der Waals surface area contributed by atoms with Crippen molar-refractivity contribution in [2.45, 2.75) is 6.54 Å². The maximum Gasteiger partial charge on any atom is 0.321 e. The number of pyridine rings is 1. The average Bonchev–Trinajstić information content (AvgIpc) is 3.04. The lowest BCUT2D eigenvalue weighted by Crippen LogP contribution is -2.36. The molecule has 3 N–H and O–H groups in total. The standard InChI is InChI=1S/C30H33ClN8O4/c1-38(19-20-5-4-10-32-17-20)30(40)35-22-6-8-24(26(15-22)41-2)36-29-33-18-23(31)28(37-29)34-21-7-9-25(27(16-21)42-3)39-11-13-43-14-12-39/h4-10,15-18H,11-14,19H2,1-3H3,(H,35,40)(H2,33,34,36,37). The first kappa shape index (κ1) is 29.7. The fourth-order valence-electron chi connectivity index (χ4n) is 4.52. The highest BCUT2D eigenvalue weighted by Crippen LogP contribution is 2.35. The lowest BCUT2D eigenvalue weighted by atomic mass is 10.2. The van der Waals surface area contributed by atoms with Crippen LogP contribution in [0, 0.1) is 0 Å². The number of benzene rings is 2. The number of methoxy groups -OCH3 is 2. The van der Waals surface area contributed by atoms with E-state index in [4.69, 9.17) is 25.8 Å². The molecule has 1 aliphatic heterocycles. The predicted molar refractivity (Wildman–Crippen MR) is 167 cm³/mol. The van der Waals surface area contributed by atoms with E-state index in [0.29, 0.717) is 53.7 Å². The molecule has 0 spiro atoms. The topological polar surface area (TPSA) is 126 Å². The van der Waals surface area contributed by atoms with Gasteiger partial charge in [-0.2, -0.15) is 4.98 Å². The van der Waals surface area contributed by atoms with Gasteiger partial charge in [0, 0.05) is 62.6 Å². The molecule has 1 saturated heterocycles. The van der Waals surface area contributed by atoms with E-state index < -0.39 is 0 Å². The number of morpholine rings is 1. The first-order valence-corrected chi connectivity index (χ1v) is 14.0. The second-order valence-corrected chi connectivity index (χ2v) is 10.1. The van der Waals surface area contributed by atoms with Crippen molar-refractivity contribution in [3.05, 3.63) is 77.7 Å². The van der Waals surface area contributed by atoms with Gasteiger partial charge in [-0.1, -0.05) is 17.7 Å². The zero-order chi connectivity index (χ0) is 30.2. The summed E-state index contributed by atoms with van der Waals surface area (Å²) in [7, 11) is 4.91. The van der Waals surface area contributed by atoms with Crippen LogP contribution in [-0.4, -0.2) is 73.5 Å². The van der Waals surface area contributed by atoms with Crippen molar-refractivity contribution in [3.63, 3.8) is 0 Å². The summed E-state index contributed by atoms with van der Waals surface area (Å²) < 4.78 is 16.7. The summed E-state index contributed by atoms with van der Waals surface area (Å²) in [5, 5.41) is 9.66. The van der Waals surface area contributed by atoms with E-state index in [-0.39, 0.29) is 6.03 Å². The predicted octanol–water partition coefficient (Wildman–Crippen LogP) is 5.53. The number of aromatic nitrogens is 3. The van der Waals surface area contributed by atoms with Crippen LogP contribution in [0.4, 0.5) is 39.3 Å². The monoisotopic (exact) mass is 604 g/mol. The van der Waals surface area contributed by atoms with E-state index >= 15 is 0 Å². The van der Waals surface area contributed by atoms with Crippen LogP contribution in [0.15, 0.2) is 67.1 Å². The Morgan fingerprint density at radius 2 is 1.79 bits per heavy atom. The summed E-state index contributed by atoms with van der Waals surface area (Å²) in [5.74, 6) is 1.94. The van der Waals surface area contributed by atoms with Crippen LogP contribution in [-0.2, 0) is 11.3 Å². The van der Waals surface area contributed by atoms with Crippen molar-refractivity contribution < 1.29 is 19.0 Å². The van der Waals surface area contributed by atoms with Gasteiger partial charge in [0.2, 0.25) is 5.95 Å². The number of anilines is 6. The molecule has 4 aromatic rings. The third kappa shape index (κ3) is 7.53. The normalized spacial score (nSPS) is 12.8. The maximum absolute atomic E-state index is 12.7. The van der Waals surface area contributed by atoms with Gasteiger partial charge in [0.1, 0.15) is 16.5 Å². The van der Waals surface area contributed by atoms with Crippen molar-refractivity contribution in [2.24, 2.45) is 0 Å². The van der Waals surface area contributed by atoms with Gasteiger partial charge in [-0.05, 0) is 35.9 Å². The summed E-state index contributed by atoms with van der Waals surface area (Å²) >= 11 is 6.44. The molecular weight excluding hydrogens is 572 g/mol. The van der Waals surface area contributed by atoms with Crippen molar-refractivity contribution in [2.75, 3.05) is 68.4 Å². The third-order valence-corrected chi connectivity index (χ3v) is 7.00. The van der Waals surface area contributed by atoms with Gasteiger partial charge in [0.05, 0.1) is 45.0 Å². The first-order valence-electron chi connectivity index (χ1n) is 13.6. The van der Waals surface area contributed by atoms with E-state index in [1.165, 1.54) is 6.20 Å². The van der Waals surface area contributed by atoms with Crippen LogP contribution >= 0.6 is 11.6 Å². The highest BCUT2D eigenvalue weighted by molar-refractivity contribution is 6.32. The molecule has 0 unspecified atom stereocenters. The van der Waals surface area contributed by atoms with Crippen molar-refractivity contribution >= 4 is 52.1 Å². The molecule has 2 aromatic heterocycles. The zero-order valence-electron chi connectivity index (χ0n) is 24.1. The Balaban J connectivity index is 1.27. The van der Waals surface area contributed by atoms with E-state index in [1.54, 1.807) is 56.8 Å². The Hall–Kier alpha value is -4.81. The Kier molecular flexibility index (Phi) is 9.59. The Labute approximate surface area is 255 Å². The fourth-order valence-corrected chi connectivity index (χ4v) is 4.66. The average molecular weight is 605 g/mol. The quantitative estimate of drug-likeness (QED) is 0.213. The molecule has 0 radical (unpaired) electrons. The molecule has 2 amide bonds. The number of amides is 2. The molecule has 0 aliphatic carbocycles. The molecule has 0 atom stereocenters. The summed E-state index contributed by atoms with van der Waals surface area (Å²) in [6.45, 7) is 3.39. The fraction of sp³-hybridized carbons (Fsp3) is 0.267. The number of hydrogen-bond donors (Lipinski definition) is 3. The van der Waals surface area contributed by atoms with Crippen molar-refractivity contribution in [1.29, 1.82) is 0 Å². The largest absolute Gasteiger partial charge is 0.495 e. The summed E-state index contributed by atoms with van der Waals surface area (Å²) in [6, 6.07) is 14.6. The molecule has 2 aromatic carbocycles. The number of carbonyl (C=O) groups excluding carboxylic acids is 1. The van der Waals surface area contributed by atoms with Crippen LogP contribution in [0.3, 0.4) is 0 Å². The van der Waals surface area contributed by atoms with Gasteiger partial charge in [0.25, 0.3) is 0 Å². The number of urea groups is 1. The van der Waals surface area contributed by atoms with Gasteiger partial charge in [-0.3, -0.25) is 4.98 Å². The van der Waals surface area contributed by atoms with Crippen LogP contribution in [0.1, 0.15) is 5.56 Å². The molecule has 13 heteroatoms. The van der Waals surface area contributed by atoms with E-state index in [1.807, 2.05) is 30.3 Å². The molecule has 12 nitrogen and oxygen atoms in total. The number of rotatable bonds is 10. The van der Waals surface area contributed by atoms with E-state index in [2.05, 4.69) is 35.8 Å². The molecule has 0 saturated carbocycles. The highest BCUT2D eigenvalue weighted by Gasteiger charge is 2.17. The molecule has 1 aliphatic rings. The molecule has 43 heavy (non-hydrogen) atoms. The zero-order valence-corrected chi connectivity index (χ0v) is 24.9. The van der Waals surface area contributed by atoms with Gasteiger partial charge in [-0.25, -0.2) is 9.78 Å². The number of nitrogens with one attached hydrogen (secondary N) is 3. The van der Waals surface area contributed by atoms with Crippen LogP contribution in [0.25, 0.3) is 0 Å². The molecule has 5 rings (SSSR count). The molecular formula is C30H33ClN8O4. The summed E-state index contributed by atoms with van der Waals surface area (Å²) in [6.07, 6.45) is 4.93. The Morgan fingerprint density at radius 3 is 2.53 bits per heavy atom. The summed E-state index contributed by atoms with van der Waals surface area (Å²) in [5.41, 5.74) is 3.86. The third-order valence-electron chi connectivity index (χ3n) is 6.73. The van der Waals surface area contributed by atoms with Crippen molar-refractivity contribution in [1.82, 2.24) is 19.9 Å². The lowest BCUT2D eigenvalue weighted by Gasteiger charge is -2.30. The molecule has 0 bridgehead atoms. The first-order chi connectivity index (χ1) is 20.9. The van der Waals surface area contributed by atoms with Crippen molar-refractivity contribution in [3.8, 4) is 11.5 Å². The number of hydrogen-bond acceptors (Lipinski definition) is 10.